The summed E-state index contributed by atoms with van der Waals surface area (Å²) in [7, 11) is 0. The van der Waals surface area contributed by atoms with E-state index in [1.807, 2.05) is 24.3 Å². The maximum absolute atomic E-state index is 4.19. The monoisotopic (exact) mass is 192 g/mol. The highest BCUT2D eigenvalue weighted by molar-refractivity contribution is 7.79. The topological polar surface area (TPSA) is 54.5 Å². The highest BCUT2D eigenvalue weighted by Gasteiger charge is 2.01. The first-order valence-electron chi connectivity index (χ1n) is 3.84. The number of rotatable bonds is 2. The molecule has 4 nitrogen and oxygen atoms in total. The van der Waals surface area contributed by atoms with Gasteiger partial charge in [0.05, 0.1) is 0 Å². The summed E-state index contributed by atoms with van der Waals surface area (Å²) in [6.45, 7) is 0. The highest BCUT2D eigenvalue weighted by atomic mass is 32.1. The summed E-state index contributed by atoms with van der Waals surface area (Å²) < 4.78 is 0. The zero-order chi connectivity index (χ0) is 9.10. The van der Waals surface area contributed by atoms with Crippen molar-refractivity contribution in [2.24, 2.45) is 0 Å². The van der Waals surface area contributed by atoms with Gasteiger partial charge in [-0.05, 0) is 16.8 Å². The van der Waals surface area contributed by atoms with Crippen molar-refractivity contribution >= 4 is 12.6 Å². The number of tetrazole rings is 1. The molecular formula is C8H8N4S. The Labute approximate surface area is 80.8 Å². The SMILES string of the molecule is SCc1cccc(-c2nn[nH]n2)c1. The summed E-state index contributed by atoms with van der Waals surface area (Å²) >= 11 is 4.19. The first-order chi connectivity index (χ1) is 6.40. The van der Waals surface area contributed by atoms with Crippen LogP contribution in [0.2, 0.25) is 0 Å². The summed E-state index contributed by atoms with van der Waals surface area (Å²) in [5.41, 5.74) is 2.10. The predicted molar refractivity (Wildman–Crippen MR) is 52.3 cm³/mol. The summed E-state index contributed by atoms with van der Waals surface area (Å²) in [5.74, 6) is 1.33. The van der Waals surface area contributed by atoms with Gasteiger partial charge in [-0.25, -0.2) is 0 Å². The second-order valence-electron chi connectivity index (χ2n) is 2.59. The zero-order valence-electron chi connectivity index (χ0n) is 6.81. The molecule has 13 heavy (non-hydrogen) atoms. The minimum Gasteiger partial charge on any atom is -0.177 e. The van der Waals surface area contributed by atoms with E-state index in [9.17, 15) is 0 Å². The molecule has 2 rings (SSSR count). The van der Waals surface area contributed by atoms with Crippen LogP contribution in [0.5, 0.6) is 0 Å². The molecular weight excluding hydrogens is 184 g/mol. The fraction of sp³-hybridized carbons (Fsp3) is 0.125. The molecule has 1 aromatic carbocycles. The fourth-order valence-corrected chi connectivity index (χ4v) is 1.29. The van der Waals surface area contributed by atoms with Gasteiger partial charge in [0.15, 0.2) is 0 Å². The van der Waals surface area contributed by atoms with Gasteiger partial charge >= 0.3 is 0 Å². The quantitative estimate of drug-likeness (QED) is 0.705. The second kappa shape index (κ2) is 3.57. The van der Waals surface area contributed by atoms with Crippen LogP contribution in [-0.2, 0) is 5.75 Å². The average molecular weight is 192 g/mol. The first kappa shape index (κ1) is 8.25. The van der Waals surface area contributed by atoms with Crippen LogP contribution in [0.1, 0.15) is 5.56 Å². The summed E-state index contributed by atoms with van der Waals surface area (Å²) in [5, 5.41) is 13.7. The molecule has 66 valence electrons. The minimum atomic E-state index is 0.614. The molecule has 0 spiro atoms. The number of H-pyrrole nitrogens is 1. The summed E-state index contributed by atoms with van der Waals surface area (Å²) in [6.07, 6.45) is 0. The largest absolute Gasteiger partial charge is 0.204 e. The maximum Gasteiger partial charge on any atom is 0.204 e. The van der Waals surface area contributed by atoms with Crippen LogP contribution < -0.4 is 0 Å². The van der Waals surface area contributed by atoms with E-state index in [1.54, 1.807) is 0 Å². The van der Waals surface area contributed by atoms with Crippen molar-refractivity contribution in [3.63, 3.8) is 0 Å². The molecule has 0 aliphatic heterocycles. The standard InChI is InChI=1S/C8H8N4S/c13-5-6-2-1-3-7(4-6)8-9-11-12-10-8/h1-4,13H,5H2,(H,9,10,11,12). The lowest BCUT2D eigenvalue weighted by atomic mass is 10.1. The number of thiol groups is 1. The molecule has 2 aromatic rings. The molecule has 0 fully saturated rings. The van der Waals surface area contributed by atoms with Crippen molar-refractivity contribution in [3.05, 3.63) is 29.8 Å². The molecule has 0 aliphatic rings. The van der Waals surface area contributed by atoms with E-state index in [1.165, 1.54) is 0 Å². The van der Waals surface area contributed by atoms with Gasteiger partial charge in [0, 0.05) is 11.3 Å². The van der Waals surface area contributed by atoms with Crippen LogP contribution >= 0.6 is 12.6 Å². The molecule has 0 amide bonds. The highest BCUT2D eigenvalue weighted by Crippen LogP contribution is 2.15. The Hall–Kier alpha value is -1.36. The number of nitrogens with one attached hydrogen (secondary N) is 1. The van der Waals surface area contributed by atoms with Crippen LogP contribution in [0, 0.1) is 0 Å². The number of nitrogens with zero attached hydrogens (tertiary/aromatic N) is 3. The molecule has 5 heteroatoms. The Morgan fingerprint density at radius 2 is 2.31 bits per heavy atom. The van der Waals surface area contributed by atoms with Gasteiger partial charge in [-0.3, -0.25) is 0 Å². The van der Waals surface area contributed by atoms with Gasteiger partial charge in [0.1, 0.15) is 0 Å². The summed E-state index contributed by atoms with van der Waals surface area (Å²) in [6, 6.07) is 7.91. The molecule has 0 saturated heterocycles. The van der Waals surface area contributed by atoms with Crippen molar-refractivity contribution in [3.8, 4) is 11.4 Å². The Kier molecular flexibility index (Phi) is 2.27. The van der Waals surface area contributed by atoms with Crippen LogP contribution in [0.3, 0.4) is 0 Å². The van der Waals surface area contributed by atoms with Gasteiger partial charge < -0.3 is 0 Å². The minimum absolute atomic E-state index is 0.614. The normalized spacial score (nSPS) is 10.2. The average Bonchev–Trinajstić information content (AvgIpc) is 2.71. The van der Waals surface area contributed by atoms with Crippen LogP contribution in [-0.4, -0.2) is 20.6 Å². The lowest BCUT2D eigenvalue weighted by Gasteiger charge is -1.97. The molecule has 0 saturated carbocycles. The number of benzene rings is 1. The maximum atomic E-state index is 4.19. The van der Waals surface area contributed by atoms with Gasteiger partial charge in [-0.15, -0.1) is 10.2 Å². The summed E-state index contributed by atoms with van der Waals surface area (Å²) in [4.78, 5) is 0. The fourth-order valence-electron chi connectivity index (χ4n) is 1.09. The van der Waals surface area contributed by atoms with Crippen molar-refractivity contribution in [1.82, 2.24) is 20.6 Å². The Bertz CT molecular complexity index is 385. The van der Waals surface area contributed by atoms with Crippen molar-refractivity contribution < 1.29 is 0 Å². The molecule has 0 unspecified atom stereocenters. The van der Waals surface area contributed by atoms with E-state index < -0.39 is 0 Å². The van der Waals surface area contributed by atoms with Gasteiger partial charge in [0.2, 0.25) is 5.82 Å². The molecule has 0 atom stereocenters. The second-order valence-corrected chi connectivity index (χ2v) is 2.91. The predicted octanol–water partition coefficient (Wildman–Crippen LogP) is 1.30. The molecule has 0 bridgehead atoms. The molecule has 0 radical (unpaired) electrons. The Morgan fingerprint density at radius 1 is 1.38 bits per heavy atom. The Balaban J connectivity index is 2.41. The van der Waals surface area contributed by atoms with E-state index in [4.69, 9.17) is 0 Å². The van der Waals surface area contributed by atoms with Gasteiger partial charge in [0.25, 0.3) is 0 Å². The number of aromatic nitrogens is 4. The number of hydrogen-bond donors (Lipinski definition) is 2. The van der Waals surface area contributed by atoms with Gasteiger partial charge in [-0.2, -0.15) is 17.8 Å². The van der Waals surface area contributed by atoms with Crippen LogP contribution in [0.4, 0.5) is 0 Å². The van der Waals surface area contributed by atoms with E-state index in [2.05, 4.69) is 33.3 Å². The van der Waals surface area contributed by atoms with Crippen molar-refractivity contribution in [1.29, 1.82) is 0 Å². The molecule has 0 aliphatic carbocycles. The van der Waals surface area contributed by atoms with E-state index in [0.29, 0.717) is 11.6 Å². The third-order valence-corrected chi connectivity index (χ3v) is 2.08. The molecule has 1 N–H and O–H groups in total. The Morgan fingerprint density at radius 3 is 3.00 bits per heavy atom. The smallest absolute Gasteiger partial charge is 0.177 e. The lowest BCUT2D eigenvalue weighted by molar-refractivity contribution is 0.881. The number of hydrogen-bond acceptors (Lipinski definition) is 4. The molecule has 1 aromatic heterocycles. The number of aromatic amines is 1. The third-order valence-electron chi connectivity index (χ3n) is 1.71. The van der Waals surface area contributed by atoms with E-state index in [0.717, 1.165) is 11.1 Å². The van der Waals surface area contributed by atoms with Crippen LogP contribution in [0.25, 0.3) is 11.4 Å². The van der Waals surface area contributed by atoms with Gasteiger partial charge in [-0.1, -0.05) is 18.2 Å². The third kappa shape index (κ3) is 1.70. The lowest BCUT2D eigenvalue weighted by Crippen LogP contribution is -1.83. The van der Waals surface area contributed by atoms with E-state index in [-0.39, 0.29) is 0 Å². The van der Waals surface area contributed by atoms with Crippen molar-refractivity contribution in [2.75, 3.05) is 0 Å². The van der Waals surface area contributed by atoms with Crippen molar-refractivity contribution in [2.45, 2.75) is 5.75 Å². The zero-order valence-corrected chi connectivity index (χ0v) is 7.70. The van der Waals surface area contributed by atoms with E-state index >= 15 is 0 Å². The van der Waals surface area contributed by atoms with Crippen LogP contribution in [0.15, 0.2) is 24.3 Å². The molecule has 1 heterocycles. The first-order valence-corrected chi connectivity index (χ1v) is 4.47.